The Kier molecular flexibility index (Phi) is 8.49. The minimum absolute atomic E-state index is 0.0873. The predicted molar refractivity (Wildman–Crippen MR) is 163 cm³/mol. The monoisotopic (exact) mass is 573 g/mol. The molecule has 1 saturated heterocycles. The smallest absolute Gasteiger partial charge is 0.256 e. The van der Waals surface area contributed by atoms with Crippen LogP contribution < -0.4 is 10.6 Å². The summed E-state index contributed by atoms with van der Waals surface area (Å²) in [6.07, 6.45) is 0. The van der Waals surface area contributed by atoms with Crippen LogP contribution in [0.4, 0.5) is 11.4 Å². The number of carbonyl (C=O) groups excluding carboxylic acids is 3. The van der Waals surface area contributed by atoms with Crippen molar-refractivity contribution in [2.75, 3.05) is 49.6 Å². The van der Waals surface area contributed by atoms with E-state index in [2.05, 4.69) is 20.5 Å². The molecule has 5 rings (SSSR count). The summed E-state index contributed by atoms with van der Waals surface area (Å²) in [5.41, 5.74) is 5.10. The number of nitrogens with one attached hydrogen (secondary N) is 2. The molecule has 4 aromatic rings. The van der Waals surface area contributed by atoms with Gasteiger partial charge in [0.15, 0.2) is 4.34 Å². The SMILES string of the molecule is Cc1ccc(C)c(NC(=O)CSc2nc3ccc(NC(=O)c4ccccc4C(=O)N4CCN(C)CC4)cc3s2)c1. The van der Waals surface area contributed by atoms with Gasteiger partial charge in [-0.1, -0.05) is 36.0 Å². The van der Waals surface area contributed by atoms with Gasteiger partial charge < -0.3 is 20.4 Å². The molecule has 40 heavy (non-hydrogen) atoms. The van der Waals surface area contributed by atoms with E-state index in [9.17, 15) is 14.4 Å². The summed E-state index contributed by atoms with van der Waals surface area (Å²) in [6, 6.07) is 18.4. The van der Waals surface area contributed by atoms with Gasteiger partial charge in [-0.2, -0.15) is 0 Å². The maximum absolute atomic E-state index is 13.2. The highest BCUT2D eigenvalue weighted by Gasteiger charge is 2.24. The van der Waals surface area contributed by atoms with Crippen LogP contribution >= 0.6 is 23.1 Å². The summed E-state index contributed by atoms with van der Waals surface area (Å²) in [6.45, 7) is 6.87. The number of hydrogen-bond acceptors (Lipinski definition) is 7. The molecule has 206 valence electrons. The number of aromatic nitrogens is 1. The number of hydrogen-bond donors (Lipinski definition) is 2. The molecule has 0 atom stereocenters. The Balaban J connectivity index is 1.23. The lowest BCUT2D eigenvalue weighted by Crippen LogP contribution is -2.47. The Bertz CT molecular complexity index is 1580. The maximum atomic E-state index is 13.2. The number of fused-ring (bicyclic) bond motifs is 1. The van der Waals surface area contributed by atoms with Crippen LogP contribution in [0.25, 0.3) is 10.2 Å². The van der Waals surface area contributed by atoms with Crippen LogP contribution in [0.3, 0.4) is 0 Å². The second kappa shape index (κ2) is 12.2. The summed E-state index contributed by atoms with van der Waals surface area (Å²) >= 11 is 2.85. The Morgan fingerprint density at radius 2 is 1.68 bits per heavy atom. The number of likely N-dealkylation sites (N-methyl/N-ethyl adjacent to an activating group) is 1. The van der Waals surface area contributed by atoms with E-state index in [4.69, 9.17) is 0 Å². The molecule has 2 heterocycles. The molecular weight excluding hydrogens is 542 g/mol. The highest BCUT2D eigenvalue weighted by Crippen LogP contribution is 2.32. The molecule has 3 aromatic carbocycles. The highest BCUT2D eigenvalue weighted by atomic mass is 32.2. The molecule has 2 N–H and O–H groups in total. The molecule has 1 aliphatic rings. The lowest BCUT2D eigenvalue weighted by Gasteiger charge is -2.32. The number of thioether (sulfide) groups is 1. The Labute approximate surface area is 241 Å². The lowest BCUT2D eigenvalue weighted by atomic mass is 10.0. The molecule has 8 nitrogen and oxygen atoms in total. The number of rotatable bonds is 7. The summed E-state index contributed by atoms with van der Waals surface area (Å²) in [5.74, 6) is -0.301. The number of benzene rings is 3. The summed E-state index contributed by atoms with van der Waals surface area (Å²) < 4.78 is 1.68. The zero-order valence-corrected chi connectivity index (χ0v) is 24.3. The van der Waals surface area contributed by atoms with Gasteiger partial charge in [-0.15, -0.1) is 11.3 Å². The summed E-state index contributed by atoms with van der Waals surface area (Å²) in [4.78, 5) is 47.6. The van der Waals surface area contributed by atoms with Crippen molar-refractivity contribution in [1.29, 1.82) is 0 Å². The van der Waals surface area contributed by atoms with Gasteiger partial charge in [0.1, 0.15) is 0 Å². The van der Waals surface area contributed by atoms with Crippen LogP contribution in [0.1, 0.15) is 31.8 Å². The fourth-order valence-corrected chi connectivity index (χ4v) is 6.38. The van der Waals surface area contributed by atoms with Crippen molar-refractivity contribution in [1.82, 2.24) is 14.8 Å². The molecule has 0 saturated carbocycles. The van der Waals surface area contributed by atoms with Crippen LogP contribution in [-0.2, 0) is 4.79 Å². The third-order valence-electron chi connectivity index (χ3n) is 6.81. The molecule has 0 spiro atoms. The maximum Gasteiger partial charge on any atom is 0.256 e. The number of carbonyl (C=O) groups is 3. The van der Waals surface area contributed by atoms with E-state index in [0.29, 0.717) is 29.9 Å². The standard InChI is InChI=1S/C30H31N5O3S2/c1-19-8-9-20(2)25(16-19)32-27(36)18-39-30-33-24-11-10-21(17-26(24)40-30)31-28(37)22-6-4-5-7-23(22)29(38)35-14-12-34(3)13-15-35/h4-11,16-17H,12-15,18H2,1-3H3,(H,31,37)(H,32,36). The van der Waals surface area contributed by atoms with Crippen LogP contribution in [0.15, 0.2) is 65.0 Å². The van der Waals surface area contributed by atoms with Crippen molar-refractivity contribution in [2.45, 2.75) is 18.2 Å². The number of thiazole rings is 1. The van der Waals surface area contributed by atoms with Gasteiger partial charge in [-0.25, -0.2) is 4.98 Å². The van der Waals surface area contributed by atoms with Gasteiger partial charge in [0.2, 0.25) is 5.91 Å². The normalized spacial score (nSPS) is 13.8. The van der Waals surface area contributed by atoms with Gasteiger partial charge in [0.05, 0.1) is 27.1 Å². The van der Waals surface area contributed by atoms with E-state index in [0.717, 1.165) is 44.5 Å². The first kappa shape index (κ1) is 27.8. The third-order valence-corrected chi connectivity index (χ3v) is 8.97. The Morgan fingerprint density at radius 3 is 2.45 bits per heavy atom. The fourth-order valence-electron chi connectivity index (χ4n) is 4.47. The van der Waals surface area contributed by atoms with E-state index in [1.807, 2.05) is 51.2 Å². The molecule has 1 fully saturated rings. The van der Waals surface area contributed by atoms with Crippen molar-refractivity contribution in [2.24, 2.45) is 0 Å². The van der Waals surface area contributed by atoms with E-state index >= 15 is 0 Å². The molecule has 1 aromatic heterocycles. The molecule has 0 radical (unpaired) electrons. The van der Waals surface area contributed by atoms with Gasteiger partial charge in [-0.05, 0) is 68.4 Å². The number of nitrogens with zero attached hydrogens (tertiary/aromatic N) is 3. The van der Waals surface area contributed by atoms with Crippen molar-refractivity contribution >= 4 is 62.4 Å². The first-order valence-electron chi connectivity index (χ1n) is 13.1. The molecule has 3 amide bonds. The highest BCUT2D eigenvalue weighted by molar-refractivity contribution is 8.01. The first-order chi connectivity index (χ1) is 19.3. The molecule has 0 bridgehead atoms. The Hall–Kier alpha value is -3.73. The number of anilines is 2. The van der Waals surface area contributed by atoms with Crippen LogP contribution in [0.5, 0.6) is 0 Å². The summed E-state index contributed by atoms with van der Waals surface area (Å²) in [5, 5.41) is 5.92. The fraction of sp³-hybridized carbons (Fsp3) is 0.267. The van der Waals surface area contributed by atoms with Crippen molar-refractivity contribution in [3.8, 4) is 0 Å². The second-order valence-corrected chi connectivity index (χ2v) is 12.2. The molecule has 0 aliphatic carbocycles. The average molecular weight is 574 g/mol. The van der Waals surface area contributed by atoms with Crippen LogP contribution in [0.2, 0.25) is 0 Å². The van der Waals surface area contributed by atoms with Crippen molar-refractivity contribution < 1.29 is 14.4 Å². The first-order valence-corrected chi connectivity index (χ1v) is 14.9. The zero-order chi connectivity index (χ0) is 28.2. The van der Waals surface area contributed by atoms with E-state index in [1.165, 1.54) is 23.1 Å². The minimum atomic E-state index is -0.334. The average Bonchev–Trinajstić information content (AvgIpc) is 3.36. The number of piperazine rings is 1. The van der Waals surface area contributed by atoms with Gasteiger partial charge in [0, 0.05) is 37.6 Å². The van der Waals surface area contributed by atoms with E-state index in [1.54, 1.807) is 35.2 Å². The van der Waals surface area contributed by atoms with Crippen LogP contribution in [0, 0.1) is 13.8 Å². The largest absolute Gasteiger partial charge is 0.336 e. The third kappa shape index (κ3) is 6.52. The topological polar surface area (TPSA) is 94.6 Å². The molecular formula is C30H31N5O3S2. The Morgan fingerprint density at radius 1 is 0.925 bits per heavy atom. The van der Waals surface area contributed by atoms with Gasteiger partial charge in [0.25, 0.3) is 11.8 Å². The number of aryl methyl sites for hydroxylation is 2. The second-order valence-electron chi connectivity index (χ2n) is 9.91. The van der Waals surface area contributed by atoms with Crippen molar-refractivity contribution in [3.05, 3.63) is 82.9 Å². The summed E-state index contributed by atoms with van der Waals surface area (Å²) in [7, 11) is 2.04. The van der Waals surface area contributed by atoms with Gasteiger partial charge in [-0.3, -0.25) is 14.4 Å². The quantitative estimate of drug-likeness (QED) is 0.292. The molecule has 0 unspecified atom stereocenters. The van der Waals surface area contributed by atoms with Crippen LogP contribution in [-0.4, -0.2) is 71.5 Å². The van der Waals surface area contributed by atoms with E-state index in [-0.39, 0.29) is 23.5 Å². The molecule has 1 aliphatic heterocycles. The zero-order valence-electron chi connectivity index (χ0n) is 22.7. The predicted octanol–water partition coefficient (Wildman–Crippen LogP) is 5.28. The number of amides is 3. The van der Waals surface area contributed by atoms with Gasteiger partial charge >= 0.3 is 0 Å². The lowest BCUT2D eigenvalue weighted by molar-refractivity contribution is -0.113. The molecule has 10 heteroatoms. The minimum Gasteiger partial charge on any atom is -0.336 e. The van der Waals surface area contributed by atoms with Crippen molar-refractivity contribution in [3.63, 3.8) is 0 Å². The van der Waals surface area contributed by atoms with E-state index < -0.39 is 0 Å².